The van der Waals surface area contributed by atoms with Gasteiger partial charge in [-0.3, -0.25) is 4.99 Å². The van der Waals surface area contributed by atoms with Crippen LogP contribution in [-0.2, 0) is 0 Å². The molecule has 0 amide bonds. The zero-order chi connectivity index (χ0) is 13.3. The van der Waals surface area contributed by atoms with Gasteiger partial charge < -0.3 is 0 Å². The van der Waals surface area contributed by atoms with Crippen molar-refractivity contribution in [3.63, 3.8) is 0 Å². The lowest BCUT2D eigenvalue weighted by molar-refractivity contribution is 0.380. The van der Waals surface area contributed by atoms with Gasteiger partial charge in [0.25, 0.3) is 0 Å². The highest BCUT2D eigenvalue weighted by Crippen LogP contribution is 2.24. The lowest BCUT2D eigenvalue weighted by atomic mass is 9.86. The third-order valence-electron chi connectivity index (χ3n) is 3.69. The Morgan fingerprint density at radius 1 is 1.12 bits per heavy atom. The molecule has 0 aliphatic carbocycles. The first-order valence-electron chi connectivity index (χ1n) is 7.02. The second-order valence-corrected chi connectivity index (χ2v) is 6.05. The van der Waals surface area contributed by atoms with Crippen molar-refractivity contribution in [3.05, 3.63) is 12.2 Å². The molecule has 2 unspecified atom stereocenters. The Balaban J connectivity index is 3.94. The van der Waals surface area contributed by atoms with E-state index in [0.29, 0.717) is 11.3 Å². The minimum Gasteiger partial charge on any atom is -0.297 e. The molecule has 0 spiro atoms. The van der Waals surface area contributed by atoms with E-state index in [0.717, 1.165) is 25.3 Å². The van der Waals surface area contributed by atoms with Crippen LogP contribution in [0.5, 0.6) is 0 Å². The maximum Gasteiger partial charge on any atom is 0.0413 e. The number of rotatable bonds is 8. The van der Waals surface area contributed by atoms with Gasteiger partial charge in [-0.15, -0.1) is 0 Å². The molecular formula is C16H31N. The molecule has 0 fully saturated rings. The van der Waals surface area contributed by atoms with Gasteiger partial charge in [0.15, 0.2) is 0 Å². The van der Waals surface area contributed by atoms with Gasteiger partial charge in [0, 0.05) is 6.54 Å². The van der Waals surface area contributed by atoms with Gasteiger partial charge in [-0.25, -0.2) is 0 Å². The molecule has 0 radical (unpaired) electrons. The Kier molecular flexibility index (Phi) is 8.20. The predicted molar refractivity (Wildman–Crippen MR) is 79.8 cm³/mol. The third kappa shape index (κ3) is 8.18. The summed E-state index contributed by atoms with van der Waals surface area (Å²) in [6.45, 7) is 14.5. The molecule has 1 heteroatoms. The van der Waals surface area contributed by atoms with Gasteiger partial charge in [-0.1, -0.05) is 53.2 Å². The minimum atomic E-state index is 0.343. The topological polar surface area (TPSA) is 12.4 Å². The van der Waals surface area contributed by atoms with E-state index in [4.69, 9.17) is 0 Å². The van der Waals surface area contributed by atoms with E-state index in [9.17, 15) is 0 Å². The van der Waals surface area contributed by atoms with Crippen LogP contribution in [-0.4, -0.2) is 12.8 Å². The van der Waals surface area contributed by atoms with Crippen molar-refractivity contribution in [1.29, 1.82) is 0 Å². The van der Waals surface area contributed by atoms with E-state index >= 15 is 0 Å². The van der Waals surface area contributed by atoms with Crippen molar-refractivity contribution in [2.45, 2.75) is 60.8 Å². The van der Waals surface area contributed by atoms with Crippen LogP contribution < -0.4 is 0 Å². The van der Waals surface area contributed by atoms with Gasteiger partial charge in [-0.05, 0) is 43.2 Å². The number of hydrogen-bond acceptors (Lipinski definition) is 1. The molecule has 0 heterocycles. The summed E-state index contributed by atoms with van der Waals surface area (Å²) >= 11 is 0. The lowest BCUT2D eigenvalue weighted by Crippen LogP contribution is -2.12. The van der Waals surface area contributed by atoms with E-state index in [1.54, 1.807) is 0 Å². The van der Waals surface area contributed by atoms with E-state index in [-0.39, 0.29) is 0 Å². The van der Waals surface area contributed by atoms with Crippen molar-refractivity contribution < 1.29 is 0 Å². The number of hydrogen-bond donors (Lipinski definition) is 0. The molecule has 0 aliphatic heterocycles. The standard InChI is InChI=1S/C16H31N/c1-7-9-10-16(5,6)11-12-17-13-15(4)14(3)8-2/h7,9,12,14-15H,8,10-11,13H2,1-6H3/b9-7+,17-12+. The predicted octanol–water partition coefficient (Wildman–Crippen LogP) is 5.12. The van der Waals surface area contributed by atoms with Crippen molar-refractivity contribution in [2.75, 3.05) is 6.54 Å². The molecule has 2 atom stereocenters. The molecule has 100 valence electrons. The number of allylic oxidation sites excluding steroid dienone is 2. The fourth-order valence-corrected chi connectivity index (χ4v) is 1.66. The van der Waals surface area contributed by atoms with Crippen molar-refractivity contribution in [3.8, 4) is 0 Å². The monoisotopic (exact) mass is 237 g/mol. The molecule has 0 saturated carbocycles. The average molecular weight is 237 g/mol. The Morgan fingerprint density at radius 3 is 2.29 bits per heavy atom. The Labute approximate surface area is 108 Å². The fraction of sp³-hybridized carbons (Fsp3) is 0.812. The molecule has 17 heavy (non-hydrogen) atoms. The van der Waals surface area contributed by atoms with Crippen LogP contribution in [0.1, 0.15) is 60.8 Å². The Hall–Kier alpha value is -0.590. The van der Waals surface area contributed by atoms with Crippen LogP contribution in [0.25, 0.3) is 0 Å². The van der Waals surface area contributed by atoms with E-state index in [2.05, 4.69) is 64.9 Å². The van der Waals surface area contributed by atoms with Crippen LogP contribution in [0, 0.1) is 17.3 Å². The molecule has 0 saturated heterocycles. The first-order valence-corrected chi connectivity index (χ1v) is 7.02. The van der Waals surface area contributed by atoms with Crippen LogP contribution >= 0.6 is 0 Å². The lowest BCUT2D eigenvalue weighted by Gasteiger charge is -2.20. The smallest absolute Gasteiger partial charge is 0.0413 e. The number of aliphatic imine (C=N–C) groups is 1. The van der Waals surface area contributed by atoms with Gasteiger partial charge in [0.2, 0.25) is 0 Å². The molecule has 0 N–H and O–H groups in total. The molecule has 0 bridgehead atoms. The molecule has 0 aliphatic rings. The summed E-state index contributed by atoms with van der Waals surface area (Å²) in [5.41, 5.74) is 0.343. The highest BCUT2D eigenvalue weighted by Gasteiger charge is 2.14. The van der Waals surface area contributed by atoms with Crippen molar-refractivity contribution in [1.82, 2.24) is 0 Å². The molecular weight excluding hydrogens is 206 g/mol. The van der Waals surface area contributed by atoms with E-state index in [1.165, 1.54) is 6.42 Å². The maximum atomic E-state index is 4.58. The molecule has 0 aromatic rings. The average Bonchev–Trinajstić information content (AvgIpc) is 2.30. The summed E-state index contributed by atoms with van der Waals surface area (Å²) in [7, 11) is 0. The minimum absolute atomic E-state index is 0.343. The first-order chi connectivity index (χ1) is 7.93. The summed E-state index contributed by atoms with van der Waals surface area (Å²) < 4.78 is 0. The van der Waals surface area contributed by atoms with Crippen LogP contribution in [0.15, 0.2) is 17.1 Å². The Morgan fingerprint density at radius 2 is 1.76 bits per heavy atom. The summed E-state index contributed by atoms with van der Waals surface area (Å²) in [6, 6.07) is 0. The quantitative estimate of drug-likeness (QED) is 0.410. The van der Waals surface area contributed by atoms with E-state index in [1.807, 2.05) is 0 Å². The molecule has 0 rings (SSSR count). The third-order valence-corrected chi connectivity index (χ3v) is 3.69. The number of nitrogens with zero attached hydrogens (tertiary/aromatic N) is 1. The molecule has 1 nitrogen and oxygen atoms in total. The maximum absolute atomic E-state index is 4.58. The van der Waals surface area contributed by atoms with Gasteiger partial charge in [0.1, 0.15) is 0 Å². The zero-order valence-corrected chi connectivity index (χ0v) is 12.7. The second kappa shape index (κ2) is 8.49. The van der Waals surface area contributed by atoms with E-state index < -0.39 is 0 Å². The van der Waals surface area contributed by atoms with Crippen molar-refractivity contribution in [2.24, 2.45) is 22.2 Å². The van der Waals surface area contributed by atoms with Gasteiger partial charge in [0.05, 0.1) is 0 Å². The zero-order valence-electron chi connectivity index (χ0n) is 12.7. The molecule has 0 aromatic carbocycles. The van der Waals surface area contributed by atoms with Gasteiger partial charge in [-0.2, -0.15) is 0 Å². The highest BCUT2D eigenvalue weighted by atomic mass is 14.7. The normalized spacial score (nSPS) is 16.8. The summed E-state index contributed by atoms with van der Waals surface area (Å²) in [4.78, 5) is 4.58. The summed E-state index contributed by atoms with van der Waals surface area (Å²) in [5.74, 6) is 1.48. The summed E-state index contributed by atoms with van der Waals surface area (Å²) in [5, 5.41) is 0. The van der Waals surface area contributed by atoms with Crippen molar-refractivity contribution >= 4 is 6.21 Å². The second-order valence-electron chi connectivity index (χ2n) is 6.05. The summed E-state index contributed by atoms with van der Waals surface area (Å²) in [6.07, 6.45) is 9.96. The van der Waals surface area contributed by atoms with Crippen LogP contribution in [0.3, 0.4) is 0 Å². The van der Waals surface area contributed by atoms with Gasteiger partial charge >= 0.3 is 0 Å². The molecule has 0 aromatic heterocycles. The Bertz CT molecular complexity index is 238. The largest absolute Gasteiger partial charge is 0.297 e. The van der Waals surface area contributed by atoms with Crippen LogP contribution in [0.2, 0.25) is 0 Å². The SMILES string of the molecule is C/C=C/CC(C)(C)C/C=N/CC(C)C(C)CC. The van der Waals surface area contributed by atoms with Crippen LogP contribution in [0.4, 0.5) is 0 Å². The first kappa shape index (κ1) is 16.4. The highest BCUT2D eigenvalue weighted by molar-refractivity contribution is 5.58. The fourth-order valence-electron chi connectivity index (χ4n) is 1.66.